The fourth-order valence-electron chi connectivity index (χ4n) is 4.10. The zero-order chi connectivity index (χ0) is 13.3. The number of rotatable bonds is 0. The van der Waals surface area contributed by atoms with E-state index in [1.54, 1.807) is 0 Å². The number of benzene rings is 1. The first-order valence-electron chi connectivity index (χ1n) is 7.05. The highest BCUT2D eigenvalue weighted by molar-refractivity contribution is 6.08. The summed E-state index contributed by atoms with van der Waals surface area (Å²) in [7, 11) is 0. The zero-order valence-corrected chi connectivity index (χ0v) is 11.5. The Morgan fingerprint density at radius 3 is 2.84 bits per heavy atom. The Balaban J connectivity index is 2.21. The second-order valence-electron chi connectivity index (χ2n) is 6.10. The highest BCUT2D eigenvalue weighted by Gasteiger charge is 2.44. The number of oxazole rings is 1. The van der Waals surface area contributed by atoms with Gasteiger partial charge in [-0.05, 0) is 42.7 Å². The standard InChI is InChI=1S/C16H17NO2/c1-7-4-5-10-8(2)15(18)12-9(3)14-16(19-6-17-14)11(7)13(10)12/h6-8,10H,4-5H2,1-3H3/t7-,8+,10?/m0/s1. The van der Waals surface area contributed by atoms with Gasteiger partial charge in [0.05, 0.1) is 0 Å². The van der Waals surface area contributed by atoms with Crippen LogP contribution in [0.1, 0.15) is 65.6 Å². The smallest absolute Gasteiger partial charge is 0.182 e. The highest BCUT2D eigenvalue weighted by Crippen LogP contribution is 2.52. The molecule has 0 amide bonds. The molecule has 0 N–H and O–H groups in total. The number of fused-ring (bicyclic) bond motifs is 2. The van der Waals surface area contributed by atoms with Crippen LogP contribution in [0.15, 0.2) is 10.8 Å². The lowest BCUT2D eigenvalue weighted by Crippen LogP contribution is -2.15. The predicted molar refractivity (Wildman–Crippen MR) is 72.6 cm³/mol. The highest BCUT2D eigenvalue weighted by atomic mass is 16.3. The summed E-state index contributed by atoms with van der Waals surface area (Å²) < 4.78 is 5.65. The fraction of sp³-hybridized carbons (Fsp3) is 0.500. The maximum Gasteiger partial charge on any atom is 0.182 e. The fourth-order valence-corrected chi connectivity index (χ4v) is 4.10. The van der Waals surface area contributed by atoms with Crippen molar-refractivity contribution in [2.24, 2.45) is 5.92 Å². The summed E-state index contributed by atoms with van der Waals surface area (Å²) in [6.45, 7) is 6.31. The Bertz CT molecular complexity index is 713. The van der Waals surface area contributed by atoms with Crippen molar-refractivity contribution >= 4 is 16.9 Å². The van der Waals surface area contributed by atoms with Crippen LogP contribution in [0.3, 0.4) is 0 Å². The summed E-state index contributed by atoms with van der Waals surface area (Å²) in [5.41, 5.74) is 6.27. The second-order valence-corrected chi connectivity index (χ2v) is 6.10. The summed E-state index contributed by atoms with van der Waals surface area (Å²) in [5.74, 6) is 1.27. The minimum Gasteiger partial charge on any atom is -0.443 e. The largest absolute Gasteiger partial charge is 0.443 e. The maximum atomic E-state index is 12.6. The molecule has 1 aromatic carbocycles. The van der Waals surface area contributed by atoms with Gasteiger partial charge in [0.1, 0.15) is 5.52 Å². The Hall–Kier alpha value is -1.64. The van der Waals surface area contributed by atoms with Crippen molar-refractivity contribution in [2.45, 2.75) is 45.4 Å². The van der Waals surface area contributed by atoms with Crippen LogP contribution in [-0.2, 0) is 0 Å². The minimum absolute atomic E-state index is 0.117. The first kappa shape index (κ1) is 11.2. The molecule has 0 spiro atoms. The van der Waals surface area contributed by atoms with Gasteiger partial charge >= 0.3 is 0 Å². The van der Waals surface area contributed by atoms with E-state index in [0.29, 0.717) is 17.6 Å². The molecule has 2 aliphatic carbocycles. The number of ketones is 1. The van der Waals surface area contributed by atoms with Crippen LogP contribution in [0, 0.1) is 12.8 Å². The minimum atomic E-state index is 0.117. The molecule has 0 saturated carbocycles. The van der Waals surface area contributed by atoms with Crippen molar-refractivity contribution in [2.75, 3.05) is 0 Å². The van der Waals surface area contributed by atoms with Crippen LogP contribution in [0.2, 0.25) is 0 Å². The molecule has 0 radical (unpaired) electrons. The molecular weight excluding hydrogens is 238 g/mol. The lowest BCUT2D eigenvalue weighted by molar-refractivity contribution is 0.0930. The summed E-state index contributed by atoms with van der Waals surface area (Å²) in [4.78, 5) is 16.9. The first-order chi connectivity index (χ1) is 9.11. The van der Waals surface area contributed by atoms with Crippen molar-refractivity contribution in [3.8, 4) is 0 Å². The molecule has 3 heteroatoms. The first-order valence-corrected chi connectivity index (χ1v) is 7.05. The van der Waals surface area contributed by atoms with Gasteiger partial charge in [-0.15, -0.1) is 0 Å². The quantitative estimate of drug-likeness (QED) is 0.715. The van der Waals surface area contributed by atoms with E-state index in [1.165, 1.54) is 17.5 Å². The van der Waals surface area contributed by atoms with Crippen LogP contribution < -0.4 is 0 Å². The average molecular weight is 255 g/mol. The summed E-state index contributed by atoms with van der Waals surface area (Å²) >= 11 is 0. The second kappa shape index (κ2) is 3.47. The van der Waals surface area contributed by atoms with Gasteiger partial charge in [0.2, 0.25) is 0 Å². The molecule has 0 aliphatic heterocycles. The molecule has 3 atom stereocenters. The number of nitrogens with zero attached hydrogens (tertiary/aromatic N) is 1. The number of aryl methyl sites for hydroxylation is 1. The average Bonchev–Trinajstić information content (AvgIpc) is 2.95. The maximum absolute atomic E-state index is 12.6. The monoisotopic (exact) mass is 255 g/mol. The van der Waals surface area contributed by atoms with Gasteiger partial charge in [-0.3, -0.25) is 4.79 Å². The molecule has 98 valence electrons. The Morgan fingerprint density at radius 1 is 1.26 bits per heavy atom. The van der Waals surface area contributed by atoms with E-state index in [4.69, 9.17) is 4.42 Å². The Kier molecular flexibility index (Phi) is 2.05. The Labute approximate surface area is 112 Å². The molecule has 1 heterocycles. The number of hydrogen-bond acceptors (Lipinski definition) is 3. The summed E-state index contributed by atoms with van der Waals surface area (Å²) in [5, 5.41) is 0. The van der Waals surface area contributed by atoms with Crippen molar-refractivity contribution in [3.63, 3.8) is 0 Å². The van der Waals surface area contributed by atoms with E-state index in [0.717, 1.165) is 35.1 Å². The van der Waals surface area contributed by atoms with Gasteiger partial charge < -0.3 is 4.42 Å². The third-order valence-corrected chi connectivity index (χ3v) is 5.14. The van der Waals surface area contributed by atoms with Crippen LogP contribution >= 0.6 is 0 Å². The topological polar surface area (TPSA) is 43.1 Å². The van der Waals surface area contributed by atoms with Crippen LogP contribution in [0.5, 0.6) is 0 Å². The molecule has 3 nitrogen and oxygen atoms in total. The van der Waals surface area contributed by atoms with Crippen LogP contribution in [0.25, 0.3) is 11.1 Å². The molecule has 4 rings (SSSR count). The molecule has 0 saturated heterocycles. The van der Waals surface area contributed by atoms with E-state index in [2.05, 4.69) is 18.8 Å². The number of aromatic nitrogens is 1. The summed E-state index contributed by atoms with van der Waals surface area (Å²) in [6, 6.07) is 0. The molecule has 2 aromatic rings. The molecular formula is C16H17NO2. The van der Waals surface area contributed by atoms with E-state index in [1.807, 2.05) is 6.92 Å². The van der Waals surface area contributed by atoms with E-state index >= 15 is 0 Å². The van der Waals surface area contributed by atoms with Crippen molar-refractivity contribution in [3.05, 3.63) is 28.6 Å². The third kappa shape index (κ3) is 1.18. The van der Waals surface area contributed by atoms with Gasteiger partial charge in [-0.1, -0.05) is 13.8 Å². The van der Waals surface area contributed by atoms with Crippen molar-refractivity contribution in [1.82, 2.24) is 4.98 Å². The lowest BCUT2D eigenvalue weighted by Gasteiger charge is -2.28. The molecule has 1 aromatic heterocycles. The van der Waals surface area contributed by atoms with Gasteiger partial charge in [0, 0.05) is 17.0 Å². The van der Waals surface area contributed by atoms with Gasteiger partial charge in [-0.25, -0.2) is 4.98 Å². The molecule has 19 heavy (non-hydrogen) atoms. The summed E-state index contributed by atoms with van der Waals surface area (Å²) in [6.07, 6.45) is 3.76. The lowest BCUT2D eigenvalue weighted by atomic mass is 9.75. The van der Waals surface area contributed by atoms with E-state index < -0.39 is 0 Å². The number of hydrogen-bond donors (Lipinski definition) is 0. The molecule has 0 bridgehead atoms. The Morgan fingerprint density at radius 2 is 2.05 bits per heavy atom. The van der Waals surface area contributed by atoms with Gasteiger partial charge in [0.15, 0.2) is 17.8 Å². The van der Waals surface area contributed by atoms with Gasteiger partial charge in [-0.2, -0.15) is 0 Å². The third-order valence-electron chi connectivity index (χ3n) is 5.14. The van der Waals surface area contributed by atoms with Gasteiger partial charge in [0.25, 0.3) is 0 Å². The van der Waals surface area contributed by atoms with Crippen molar-refractivity contribution in [1.29, 1.82) is 0 Å². The van der Waals surface area contributed by atoms with Crippen LogP contribution in [-0.4, -0.2) is 10.8 Å². The molecule has 1 unspecified atom stereocenters. The zero-order valence-electron chi connectivity index (χ0n) is 11.5. The SMILES string of the molecule is Cc1c2c3c(c4ocnc14)[C@@H](C)CCC3[C@@H](C)C2=O. The predicted octanol–water partition coefficient (Wildman–Crippen LogP) is 3.95. The number of Topliss-reactive ketones (excluding diaryl/α,β-unsaturated/α-hetero) is 1. The van der Waals surface area contributed by atoms with E-state index in [-0.39, 0.29) is 5.92 Å². The van der Waals surface area contributed by atoms with Crippen molar-refractivity contribution < 1.29 is 9.21 Å². The number of carbonyl (C=O) groups is 1. The van der Waals surface area contributed by atoms with Crippen LogP contribution in [0.4, 0.5) is 0 Å². The molecule has 0 fully saturated rings. The number of carbonyl (C=O) groups excluding carboxylic acids is 1. The normalized spacial score (nSPS) is 29.0. The molecule has 2 aliphatic rings. The van der Waals surface area contributed by atoms with E-state index in [9.17, 15) is 4.79 Å².